The van der Waals surface area contributed by atoms with Crippen molar-refractivity contribution in [2.24, 2.45) is 0 Å². The highest BCUT2D eigenvalue weighted by molar-refractivity contribution is 5.95. The second-order valence-corrected chi connectivity index (χ2v) is 9.23. The number of amides is 1. The van der Waals surface area contributed by atoms with Gasteiger partial charge in [-0.05, 0) is 57.0 Å². The van der Waals surface area contributed by atoms with Crippen molar-refractivity contribution >= 4 is 17.4 Å². The molecule has 2 aliphatic rings. The summed E-state index contributed by atoms with van der Waals surface area (Å²) in [7, 11) is 0. The highest BCUT2D eigenvalue weighted by Crippen LogP contribution is 2.36. The van der Waals surface area contributed by atoms with Crippen LogP contribution in [0.25, 0.3) is 0 Å². The molecular weight excluding hydrogens is 428 g/mol. The molecule has 2 saturated heterocycles. The molecule has 0 radical (unpaired) electrons. The molecule has 1 amide bonds. The molecule has 2 aliphatic heterocycles. The monoisotopic (exact) mass is 458 g/mol. The summed E-state index contributed by atoms with van der Waals surface area (Å²) in [5, 5.41) is 3.30. The minimum atomic E-state index is -0.334. The van der Waals surface area contributed by atoms with E-state index in [1.165, 1.54) is 0 Å². The van der Waals surface area contributed by atoms with Crippen LogP contribution >= 0.6 is 0 Å². The molecule has 2 atom stereocenters. The number of likely N-dealkylation sites (tertiary alicyclic amines) is 1. The van der Waals surface area contributed by atoms with Gasteiger partial charge in [-0.2, -0.15) is 0 Å². The third-order valence-corrected chi connectivity index (χ3v) is 6.40. The zero-order chi connectivity index (χ0) is 23.5. The Labute approximate surface area is 200 Å². The lowest BCUT2D eigenvalue weighted by molar-refractivity contribution is -0.0453. The van der Waals surface area contributed by atoms with E-state index in [0.29, 0.717) is 24.5 Å². The van der Waals surface area contributed by atoms with E-state index in [1.54, 1.807) is 0 Å². The van der Waals surface area contributed by atoms with Crippen LogP contribution in [0.1, 0.15) is 41.1 Å². The molecule has 0 unspecified atom stereocenters. The van der Waals surface area contributed by atoms with Crippen molar-refractivity contribution in [3.05, 3.63) is 77.7 Å². The lowest BCUT2D eigenvalue weighted by atomic mass is 9.89. The molecule has 3 heterocycles. The van der Waals surface area contributed by atoms with E-state index in [0.717, 1.165) is 48.8 Å². The van der Waals surface area contributed by atoms with E-state index in [9.17, 15) is 4.79 Å². The number of anilines is 2. The van der Waals surface area contributed by atoms with Gasteiger partial charge >= 0.3 is 0 Å². The molecule has 7 nitrogen and oxygen atoms in total. The van der Waals surface area contributed by atoms with Crippen LogP contribution in [0.15, 0.2) is 60.7 Å². The van der Waals surface area contributed by atoms with Crippen LogP contribution in [-0.2, 0) is 4.74 Å². The minimum absolute atomic E-state index is 0.00440. The van der Waals surface area contributed by atoms with Gasteiger partial charge in [0.1, 0.15) is 23.5 Å². The number of ether oxygens (including phenoxy) is 2. The second-order valence-electron chi connectivity index (χ2n) is 9.23. The lowest BCUT2D eigenvalue weighted by Gasteiger charge is -2.39. The smallest absolute Gasteiger partial charge is 0.254 e. The van der Waals surface area contributed by atoms with Crippen molar-refractivity contribution in [1.29, 1.82) is 0 Å². The van der Waals surface area contributed by atoms with Gasteiger partial charge < -0.3 is 19.7 Å². The van der Waals surface area contributed by atoms with Crippen molar-refractivity contribution in [2.75, 3.05) is 25.0 Å². The summed E-state index contributed by atoms with van der Waals surface area (Å²) in [6.07, 6.45) is 2.66. The number of benzene rings is 2. The molecule has 34 heavy (non-hydrogen) atoms. The normalized spacial score (nSPS) is 22.1. The second kappa shape index (κ2) is 9.43. The van der Waals surface area contributed by atoms with E-state index >= 15 is 0 Å². The number of aromatic nitrogens is 2. The highest BCUT2D eigenvalue weighted by Gasteiger charge is 2.45. The van der Waals surface area contributed by atoms with Gasteiger partial charge in [0.2, 0.25) is 0 Å². The largest absolute Gasteiger partial charge is 0.488 e. The van der Waals surface area contributed by atoms with Crippen LogP contribution in [0.2, 0.25) is 0 Å². The van der Waals surface area contributed by atoms with Gasteiger partial charge in [0.05, 0.1) is 18.8 Å². The molecule has 5 rings (SSSR count). The third kappa shape index (κ3) is 5.04. The van der Waals surface area contributed by atoms with Gasteiger partial charge in [-0.1, -0.05) is 24.3 Å². The Balaban J connectivity index is 1.25. The van der Waals surface area contributed by atoms with E-state index in [4.69, 9.17) is 9.47 Å². The molecular formula is C27H30N4O3. The summed E-state index contributed by atoms with van der Waals surface area (Å²) in [4.78, 5) is 24.1. The van der Waals surface area contributed by atoms with Gasteiger partial charge in [0, 0.05) is 36.0 Å². The SMILES string of the molecule is Cc1cc(Nc2cccc(C(=O)N3CCC[C@]4(C[C@@H](Oc5ccccc5)CO4)C3)c2)nc(C)n1. The van der Waals surface area contributed by atoms with Gasteiger partial charge in [-0.25, -0.2) is 9.97 Å². The van der Waals surface area contributed by atoms with E-state index in [1.807, 2.05) is 79.4 Å². The number of hydrogen-bond donors (Lipinski definition) is 1. The third-order valence-electron chi connectivity index (χ3n) is 6.40. The Morgan fingerprint density at radius 1 is 1.12 bits per heavy atom. The molecule has 3 aromatic rings. The lowest BCUT2D eigenvalue weighted by Crippen LogP contribution is -2.50. The Morgan fingerprint density at radius 2 is 1.97 bits per heavy atom. The fourth-order valence-electron chi connectivity index (χ4n) is 4.97. The number of piperidine rings is 1. The maximum absolute atomic E-state index is 13.4. The molecule has 0 bridgehead atoms. The fourth-order valence-corrected chi connectivity index (χ4v) is 4.97. The average molecular weight is 459 g/mol. The molecule has 2 aromatic carbocycles. The number of carbonyl (C=O) groups excluding carboxylic acids is 1. The molecule has 1 spiro atoms. The van der Waals surface area contributed by atoms with Crippen LogP contribution < -0.4 is 10.1 Å². The Kier molecular flexibility index (Phi) is 6.20. The highest BCUT2D eigenvalue weighted by atomic mass is 16.6. The topological polar surface area (TPSA) is 76.6 Å². The van der Waals surface area contributed by atoms with Crippen LogP contribution in [0.3, 0.4) is 0 Å². The number of rotatable bonds is 5. The maximum Gasteiger partial charge on any atom is 0.254 e. The molecule has 1 N–H and O–H groups in total. The maximum atomic E-state index is 13.4. The Hall–Kier alpha value is -3.45. The zero-order valence-corrected chi connectivity index (χ0v) is 19.7. The first kappa shape index (κ1) is 22.3. The van der Waals surface area contributed by atoms with E-state index in [2.05, 4.69) is 15.3 Å². The van der Waals surface area contributed by atoms with Crippen molar-refractivity contribution in [3.8, 4) is 5.75 Å². The molecule has 1 aromatic heterocycles. The van der Waals surface area contributed by atoms with Crippen molar-refractivity contribution in [2.45, 2.75) is 44.8 Å². The van der Waals surface area contributed by atoms with Gasteiger partial charge in [-0.15, -0.1) is 0 Å². The zero-order valence-electron chi connectivity index (χ0n) is 19.7. The van der Waals surface area contributed by atoms with Crippen LogP contribution in [-0.4, -0.2) is 52.2 Å². The fraction of sp³-hybridized carbons (Fsp3) is 0.370. The van der Waals surface area contributed by atoms with E-state index in [-0.39, 0.29) is 17.6 Å². The number of para-hydroxylation sites is 1. The first-order valence-corrected chi connectivity index (χ1v) is 11.8. The quantitative estimate of drug-likeness (QED) is 0.598. The Bertz CT molecular complexity index is 1150. The predicted molar refractivity (Wildman–Crippen MR) is 131 cm³/mol. The van der Waals surface area contributed by atoms with E-state index < -0.39 is 0 Å². The van der Waals surface area contributed by atoms with Gasteiger partial charge in [0.15, 0.2) is 0 Å². The molecule has 176 valence electrons. The number of carbonyl (C=O) groups is 1. The van der Waals surface area contributed by atoms with Crippen molar-refractivity contribution in [1.82, 2.24) is 14.9 Å². The first-order valence-electron chi connectivity index (χ1n) is 11.8. The molecule has 7 heteroatoms. The van der Waals surface area contributed by atoms with Crippen LogP contribution in [0, 0.1) is 13.8 Å². The summed E-state index contributed by atoms with van der Waals surface area (Å²) in [6.45, 7) is 5.67. The number of nitrogens with one attached hydrogen (secondary N) is 1. The van der Waals surface area contributed by atoms with Gasteiger partial charge in [-0.3, -0.25) is 4.79 Å². The number of aryl methyl sites for hydroxylation is 2. The molecule has 0 aliphatic carbocycles. The van der Waals surface area contributed by atoms with Gasteiger partial charge in [0.25, 0.3) is 5.91 Å². The predicted octanol–water partition coefficient (Wildman–Crippen LogP) is 4.68. The molecule has 0 saturated carbocycles. The summed E-state index contributed by atoms with van der Waals surface area (Å²) in [5.41, 5.74) is 2.04. The molecule has 2 fully saturated rings. The van der Waals surface area contributed by atoms with Crippen LogP contribution in [0.5, 0.6) is 5.75 Å². The van der Waals surface area contributed by atoms with Crippen LogP contribution in [0.4, 0.5) is 11.5 Å². The summed E-state index contributed by atoms with van der Waals surface area (Å²) in [5.74, 6) is 2.30. The number of hydrogen-bond acceptors (Lipinski definition) is 6. The van der Waals surface area contributed by atoms with Crippen molar-refractivity contribution in [3.63, 3.8) is 0 Å². The Morgan fingerprint density at radius 3 is 2.79 bits per heavy atom. The van der Waals surface area contributed by atoms with Crippen molar-refractivity contribution < 1.29 is 14.3 Å². The average Bonchev–Trinajstić information content (AvgIpc) is 3.20. The summed E-state index contributed by atoms with van der Waals surface area (Å²) in [6, 6.07) is 19.3. The minimum Gasteiger partial charge on any atom is -0.488 e. The number of nitrogens with zero attached hydrogens (tertiary/aromatic N) is 3. The summed E-state index contributed by atoms with van der Waals surface area (Å²) < 4.78 is 12.4. The summed E-state index contributed by atoms with van der Waals surface area (Å²) >= 11 is 0. The standard InChI is InChI=1S/C27H30N4O3/c1-19-14-25(29-20(2)28-19)30-22-9-6-8-21(15-22)26(32)31-13-7-12-27(18-31)16-24(17-33-27)34-23-10-4-3-5-11-23/h3-6,8-11,14-15,24H,7,12-13,16-18H2,1-2H3,(H,28,29,30)/t24-,27+/m1/s1. The first-order chi connectivity index (χ1) is 16.5.